The molecule has 2 aromatic carbocycles. The average molecular weight is 831 g/mol. The van der Waals surface area contributed by atoms with E-state index in [1.165, 1.54) is 0 Å². The molecule has 0 aromatic heterocycles. The third-order valence-electron chi connectivity index (χ3n) is 2.66. The zero-order chi connectivity index (χ0) is 17.5. The molecule has 0 bridgehead atoms. The summed E-state index contributed by atoms with van der Waals surface area (Å²) < 4.78 is 18.0. The molecule has 0 saturated carbocycles. The standard InChI is InChI=1S/C13H4Br8O2/c1-22-12-9(20)6(17)7(18)10(21)13(12)23-11-4(15)2-3(14)5(16)8(11)19/h2H,1H3. The molecular weight excluding hydrogens is 827 g/mol. The van der Waals surface area contributed by atoms with Gasteiger partial charge in [0.05, 0.1) is 33.9 Å². The van der Waals surface area contributed by atoms with Crippen molar-refractivity contribution in [3.63, 3.8) is 0 Å². The smallest absolute Gasteiger partial charge is 0.185 e. The molecule has 0 N–H and O–H groups in total. The number of halogens is 8. The molecule has 2 rings (SSSR count). The Morgan fingerprint density at radius 3 is 1.57 bits per heavy atom. The van der Waals surface area contributed by atoms with Crippen molar-refractivity contribution in [2.75, 3.05) is 7.11 Å². The van der Waals surface area contributed by atoms with Gasteiger partial charge in [0.25, 0.3) is 0 Å². The molecule has 124 valence electrons. The Labute approximate surface area is 200 Å². The second-order valence-electron chi connectivity index (χ2n) is 4.02. The third kappa shape index (κ3) is 4.25. The van der Waals surface area contributed by atoms with E-state index in [0.717, 1.165) is 35.8 Å². The summed E-state index contributed by atoms with van der Waals surface area (Å²) in [4.78, 5) is 0. The molecule has 10 heteroatoms. The quantitative estimate of drug-likeness (QED) is 0.227. The minimum Gasteiger partial charge on any atom is -0.492 e. The van der Waals surface area contributed by atoms with Gasteiger partial charge in [-0.2, -0.15) is 0 Å². The molecule has 0 saturated heterocycles. The molecule has 0 heterocycles. The van der Waals surface area contributed by atoms with Crippen molar-refractivity contribution in [1.29, 1.82) is 0 Å². The van der Waals surface area contributed by atoms with Gasteiger partial charge in [-0.1, -0.05) is 0 Å². The lowest BCUT2D eigenvalue weighted by atomic mass is 10.3. The van der Waals surface area contributed by atoms with Gasteiger partial charge in [-0.3, -0.25) is 0 Å². The summed E-state index contributed by atoms with van der Waals surface area (Å²) in [5.74, 6) is 1.70. The van der Waals surface area contributed by atoms with Gasteiger partial charge in [0.15, 0.2) is 17.2 Å². The first-order valence-electron chi connectivity index (χ1n) is 5.61. The molecule has 0 aliphatic rings. The van der Waals surface area contributed by atoms with E-state index < -0.39 is 0 Å². The van der Waals surface area contributed by atoms with Crippen LogP contribution in [0.2, 0.25) is 0 Å². The summed E-state index contributed by atoms with van der Waals surface area (Å²) in [6.45, 7) is 0. The SMILES string of the molecule is COc1c(Br)c(Br)c(Br)c(Br)c1Oc1c(Br)cc(Br)c(Br)c1Br. The summed E-state index contributed by atoms with van der Waals surface area (Å²) in [5.41, 5.74) is 0. The van der Waals surface area contributed by atoms with Crippen LogP contribution in [0.25, 0.3) is 0 Å². The lowest BCUT2D eigenvalue weighted by Gasteiger charge is -2.18. The van der Waals surface area contributed by atoms with Crippen LogP contribution >= 0.6 is 127 Å². The molecule has 0 spiro atoms. The van der Waals surface area contributed by atoms with E-state index in [4.69, 9.17) is 9.47 Å². The van der Waals surface area contributed by atoms with E-state index in [9.17, 15) is 0 Å². The van der Waals surface area contributed by atoms with Crippen LogP contribution in [0.1, 0.15) is 0 Å². The number of ether oxygens (including phenoxy) is 2. The minimum atomic E-state index is 0.532. The predicted molar refractivity (Wildman–Crippen MR) is 121 cm³/mol. The van der Waals surface area contributed by atoms with Crippen molar-refractivity contribution in [2.45, 2.75) is 0 Å². The largest absolute Gasteiger partial charge is 0.492 e. The zero-order valence-electron chi connectivity index (χ0n) is 10.9. The van der Waals surface area contributed by atoms with Gasteiger partial charge >= 0.3 is 0 Å². The van der Waals surface area contributed by atoms with Gasteiger partial charge < -0.3 is 9.47 Å². The van der Waals surface area contributed by atoms with Crippen LogP contribution in [0, 0.1) is 0 Å². The second-order valence-corrected chi connectivity index (χ2v) is 10.5. The summed E-state index contributed by atoms with van der Waals surface area (Å²) in [5, 5.41) is 0. The van der Waals surface area contributed by atoms with Crippen LogP contribution in [-0.4, -0.2) is 7.11 Å². The molecule has 0 atom stereocenters. The monoisotopic (exact) mass is 823 g/mol. The number of rotatable bonds is 3. The van der Waals surface area contributed by atoms with Crippen LogP contribution in [0.4, 0.5) is 0 Å². The van der Waals surface area contributed by atoms with Gasteiger partial charge in [0.1, 0.15) is 0 Å². The van der Waals surface area contributed by atoms with E-state index in [1.54, 1.807) is 7.11 Å². The van der Waals surface area contributed by atoms with Crippen molar-refractivity contribution in [2.24, 2.45) is 0 Å². The Morgan fingerprint density at radius 1 is 0.565 bits per heavy atom. The highest BCUT2D eigenvalue weighted by Crippen LogP contribution is 2.53. The summed E-state index contributed by atoms with van der Waals surface area (Å²) in [6, 6.07) is 1.90. The number of methoxy groups -OCH3 is 1. The maximum Gasteiger partial charge on any atom is 0.185 e. The molecule has 0 unspecified atom stereocenters. The Balaban J connectivity index is 2.69. The molecule has 0 radical (unpaired) electrons. The van der Waals surface area contributed by atoms with Gasteiger partial charge in [-0.05, 0) is 134 Å². The molecule has 2 aromatic rings. The number of hydrogen-bond acceptors (Lipinski definition) is 2. The van der Waals surface area contributed by atoms with Crippen LogP contribution in [0.15, 0.2) is 41.8 Å². The summed E-state index contributed by atoms with van der Waals surface area (Å²) in [7, 11) is 1.58. The van der Waals surface area contributed by atoms with Crippen molar-refractivity contribution in [3.8, 4) is 17.2 Å². The van der Waals surface area contributed by atoms with Crippen LogP contribution in [-0.2, 0) is 0 Å². The first kappa shape index (κ1) is 21.2. The highest BCUT2D eigenvalue weighted by Gasteiger charge is 2.24. The molecular formula is C13H4Br8O2. The summed E-state index contributed by atoms with van der Waals surface area (Å²) in [6.07, 6.45) is 0. The van der Waals surface area contributed by atoms with Crippen molar-refractivity contribution in [1.82, 2.24) is 0 Å². The molecule has 23 heavy (non-hydrogen) atoms. The molecule has 0 fully saturated rings. The Morgan fingerprint density at radius 2 is 1.04 bits per heavy atom. The van der Waals surface area contributed by atoms with Crippen LogP contribution < -0.4 is 9.47 Å². The molecule has 0 aliphatic heterocycles. The normalized spacial score (nSPS) is 10.8. The van der Waals surface area contributed by atoms with Gasteiger partial charge in [0.2, 0.25) is 0 Å². The molecule has 0 aliphatic carbocycles. The number of hydrogen-bond donors (Lipinski definition) is 0. The van der Waals surface area contributed by atoms with Crippen molar-refractivity contribution < 1.29 is 9.47 Å². The zero-order valence-corrected chi connectivity index (χ0v) is 23.6. The van der Waals surface area contributed by atoms with Crippen molar-refractivity contribution >= 4 is 127 Å². The van der Waals surface area contributed by atoms with Gasteiger partial charge in [-0.25, -0.2) is 0 Å². The van der Waals surface area contributed by atoms with Crippen LogP contribution in [0.3, 0.4) is 0 Å². The minimum absolute atomic E-state index is 0.532. The predicted octanol–water partition coefficient (Wildman–Crippen LogP) is 9.59. The van der Waals surface area contributed by atoms with E-state index in [0.29, 0.717) is 17.2 Å². The van der Waals surface area contributed by atoms with E-state index in [1.807, 2.05) is 6.07 Å². The second kappa shape index (κ2) is 8.71. The van der Waals surface area contributed by atoms with Crippen molar-refractivity contribution in [3.05, 3.63) is 41.8 Å². The third-order valence-corrected chi connectivity index (χ3v) is 11.2. The maximum absolute atomic E-state index is 6.15. The fourth-order valence-corrected chi connectivity index (χ4v) is 6.48. The average Bonchev–Trinajstić information content (AvgIpc) is 2.52. The number of benzene rings is 2. The van der Waals surface area contributed by atoms with Crippen LogP contribution in [0.5, 0.6) is 17.2 Å². The van der Waals surface area contributed by atoms with E-state index in [2.05, 4.69) is 127 Å². The van der Waals surface area contributed by atoms with Gasteiger partial charge in [0, 0.05) is 8.95 Å². The lowest BCUT2D eigenvalue weighted by molar-refractivity contribution is 0.373. The molecule has 0 amide bonds. The first-order chi connectivity index (χ1) is 10.7. The topological polar surface area (TPSA) is 18.5 Å². The summed E-state index contributed by atoms with van der Waals surface area (Å²) >= 11 is 28.1. The maximum atomic E-state index is 6.15. The Hall–Kier alpha value is 1.88. The highest BCUT2D eigenvalue weighted by molar-refractivity contribution is 9.15. The highest BCUT2D eigenvalue weighted by atomic mass is 79.9. The van der Waals surface area contributed by atoms with E-state index in [-0.39, 0.29) is 0 Å². The fraction of sp³-hybridized carbons (Fsp3) is 0.0769. The Bertz CT molecular complexity index is 791. The van der Waals surface area contributed by atoms with Gasteiger partial charge in [-0.15, -0.1) is 0 Å². The lowest BCUT2D eigenvalue weighted by Crippen LogP contribution is -1.96. The van der Waals surface area contributed by atoms with E-state index >= 15 is 0 Å². The first-order valence-corrected chi connectivity index (χ1v) is 12.0. The fourth-order valence-electron chi connectivity index (χ4n) is 1.61. The molecule has 2 nitrogen and oxygen atoms in total. The Kier molecular flexibility index (Phi) is 8.02.